The van der Waals surface area contributed by atoms with Gasteiger partial charge in [0, 0.05) is 34.2 Å². The lowest BCUT2D eigenvalue weighted by molar-refractivity contribution is 0.815. The molecule has 2 aromatic rings. The molecular weight excluding hydrogens is 328 g/mol. The van der Waals surface area contributed by atoms with Crippen LogP contribution in [0.25, 0.3) is 16.7 Å². The van der Waals surface area contributed by atoms with E-state index in [2.05, 4.69) is 50.8 Å². The van der Waals surface area contributed by atoms with Crippen molar-refractivity contribution in [2.45, 2.75) is 33.1 Å². The highest BCUT2D eigenvalue weighted by Gasteiger charge is 2.12. The number of anilines is 1. The molecule has 0 amide bonds. The lowest BCUT2D eigenvalue weighted by atomic mass is 10.0. The van der Waals surface area contributed by atoms with E-state index < -0.39 is 0 Å². The van der Waals surface area contributed by atoms with Gasteiger partial charge in [-0.05, 0) is 40.9 Å². The number of aromatic nitrogens is 3. The van der Waals surface area contributed by atoms with E-state index in [-0.39, 0.29) is 0 Å². The number of rotatable bonds is 5. The molecule has 0 atom stereocenters. The third-order valence-electron chi connectivity index (χ3n) is 3.25. The Morgan fingerprint density at radius 2 is 2.14 bits per heavy atom. The minimum absolute atomic E-state index is 0.294. The quantitative estimate of drug-likeness (QED) is 0.810. The standard InChI is InChI=1S/C16H19BrN4/c1-3-4-5-6-11(2)15-13(9-20-16(18)21-15)12-7-8-19-10-14(12)17/h6-10H,3-5H2,1-2H3,(H2,18,20,21)/b11-6+. The second kappa shape index (κ2) is 7.31. The summed E-state index contributed by atoms with van der Waals surface area (Å²) in [5.74, 6) is 0.294. The minimum Gasteiger partial charge on any atom is -0.368 e. The molecule has 0 aliphatic rings. The molecule has 0 bridgehead atoms. The molecule has 0 radical (unpaired) electrons. The van der Waals surface area contributed by atoms with Gasteiger partial charge in [-0.1, -0.05) is 25.8 Å². The van der Waals surface area contributed by atoms with Crippen LogP contribution in [0.1, 0.15) is 38.8 Å². The molecule has 2 heterocycles. The van der Waals surface area contributed by atoms with Gasteiger partial charge in [-0.2, -0.15) is 0 Å². The largest absolute Gasteiger partial charge is 0.368 e. The van der Waals surface area contributed by atoms with Crippen molar-refractivity contribution < 1.29 is 0 Å². The first kappa shape index (κ1) is 15.6. The number of nitrogen functional groups attached to an aromatic ring is 1. The lowest BCUT2D eigenvalue weighted by Gasteiger charge is -2.11. The first-order chi connectivity index (χ1) is 10.1. The maximum atomic E-state index is 5.76. The number of nitrogens with zero attached hydrogens (tertiary/aromatic N) is 3. The topological polar surface area (TPSA) is 64.7 Å². The smallest absolute Gasteiger partial charge is 0.220 e. The molecule has 0 fully saturated rings. The van der Waals surface area contributed by atoms with Gasteiger partial charge >= 0.3 is 0 Å². The summed E-state index contributed by atoms with van der Waals surface area (Å²) in [5, 5.41) is 0. The van der Waals surface area contributed by atoms with E-state index in [1.165, 1.54) is 12.8 Å². The molecular formula is C16H19BrN4. The van der Waals surface area contributed by atoms with Crippen LogP contribution in [0.4, 0.5) is 5.95 Å². The van der Waals surface area contributed by atoms with Crippen molar-refractivity contribution >= 4 is 27.5 Å². The SMILES string of the molecule is CCCC/C=C(\C)c1nc(N)ncc1-c1ccncc1Br. The molecule has 0 aliphatic carbocycles. The molecule has 2 rings (SSSR count). The Balaban J connectivity index is 2.48. The predicted octanol–water partition coefficient (Wildman–Crippen LogP) is 4.48. The average Bonchev–Trinajstić information content (AvgIpc) is 2.48. The average molecular weight is 347 g/mol. The highest BCUT2D eigenvalue weighted by molar-refractivity contribution is 9.10. The Bertz CT molecular complexity index is 652. The van der Waals surface area contributed by atoms with E-state index in [0.717, 1.165) is 33.3 Å². The van der Waals surface area contributed by atoms with Gasteiger partial charge in [0.25, 0.3) is 0 Å². The zero-order valence-electron chi connectivity index (χ0n) is 12.3. The van der Waals surface area contributed by atoms with Crippen molar-refractivity contribution in [1.29, 1.82) is 0 Å². The predicted molar refractivity (Wildman–Crippen MR) is 90.6 cm³/mol. The summed E-state index contributed by atoms with van der Waals surface area (Å²) in [4.78, 5) is 12.7. The van der Waals surface area contributed by atoms with Crippen LogP contribution >= 0.6 is 15.9 Å². The van der Waals surface area contributed by atoms with Crippen molar-refractivity contribution in [3.8, 4) is 11.1 Å². The monoisotopic (exact) mass is 346 g/mol. The van der Waals surface area contributed by atoms with Crippen molar-refractivity contribution in [2.24, 2.45) is 0 Å². The first-order valence-electron chi connectivity index (χ1n) is 7.03. The van der Waals surface area contributed by atoms with Gasteiger partial charge in [0.2, 0.25) is 5.95 Å². The number of unbranched alkanes of at least 4 members (excludes halogenated alkanes) is 2. The first-order valence-corrected chi connectivity index (χ1v) is 7.82. The molecule has 0 aromatic carbocycles. The van der Waals surface area contributed by atoms with Gasteiger partial charge in [-0.25, -0.2) is 9.97 Å². The van der Waals surface area contributed by atoms with Gasteiger partial charge in [0.1, 0.15) is 0 Å². The number of hydrogen-bond donors (Lipinski definition) is 1. The van der Waals surface area contributed by atoms with E-state index in [4.69, 9.17) is 5.73 Å². The van der Waals surface area contributed by atoms with Gasteiger partial charge in [-0.3, -0.25) is 4.98 Å². The highest BCUT2D eigenvalue weighted by atomic mass is 79.9. The van der Waals surface area contributed by atoms with E-state index in [0.29, 0.717) is 5.95 Å². The molecule has 21 heavy (non-hydrogen) atoms. The van der Waals surface area contributed by atoms with E-state index in [9.17, 15) is 0 Å². The van der Waals surface area contributed by atoms with Crippen LogP contribution in [0.5, 0.6) is 0 Å². The zero-order chi connectivity index (χ0) is 15.2. The fourth-order valence-corrected chi connectivity index (χ4v) is 2.57. The molecule has 110 valence electrons. The lowest BCUT2D eigenvalue weighted by Crippen LogP contribution is -2.01. The summed E-state index contributed by atoms with van der Waals surface area (Å²) in [7, 11) is 0. The van der Waals surface area contributed by atoms with Gasteiger partial charge in [0.15, 0.2) is 0 Å². The van der Waals surface area contributed by atoms with Crippen molar-refractivity contribution in [2.75, 3.05) is 5.73 Å². The van der Waals surface area contributed by atoms with Crippen LogP contribution in [-0.2, 0) is 0 Å². The maximum Gasteiger partial charge on any atom is 0.220 e. The van der Waals surface area contributed by atoms with Crippen LogP contribution in [-0.4, -0.2) is 15.0 Å². The van der Waals surface area contributed by atoms with E-state index in [1.54, 1.807) is 18.6 Å². The summed E-state index contributed by atoms with van der Waals surface area (Å²) in [6.07, 6.45) is 10.9. The fourth-order valence-electron chi connectivity index (χ4n) is 2.11. The molecule has 4 nitrogen and oxygen atoms in total. The summed E-state index contributed by atoms with van der Waals surface area (Å²) in [6.45, 7) is 4.25. The Labute approximate surface area is 133 Å². The Morgan fingerprint density at radius 1 is 1.33 bits per heavy atom. The number of pyridine rings is 1. The third kappa shape index (κ3) is 3.88. The van der Waals surface area contributed by atoms with Crippen LogP contribution in [0.15, 0.2) is 35.2 Å². The van der Waals surface area contributed by atoms with E-state index >= 15 is 0 Å². The van der Waals surface area contributed by atoms with Crippen molar-refractivity contribution in [3.63, 3.8) is 0 Å². The maximum absolute atomic E-state index is 5.76. The number of nitrogens with two attached hydrogens (primary N) is 1. The molecule has 2 N–H and O–H groups in total. The van der Waals surface area contributed by atoms with Crippen LogP contribution in [0, 0.1) is 0 Å². The summed E-state index contributed by atoms with van der Waals surface area (Å²) < 4.78 is 0.918. The van der Waals surface area contributed by atoms with Gasteiger partial charge in [-0.15, -0.1) is 0 Å². The molecule has 0 saturated heterocycles. The molecule has 2 aromatic heterocycles. The van der Waals surface area contributed by atoms with Crippen molar-refractivity contribution in [3.05, 3.63) is 40.9 Å². The fraction of sp³-hybridized carbons (Fsp3) is 0.312. The Morgan fingerprint density at radius 3 is 2.86 bits per heavy atom. The van der Waals surface area contributed by atoms with Crippen LogP contribution in [0.2, 0.25) is 0 Å². The van der Waals surface area contributed by atoms with Crippen molar-refractivity contribution in [1.82, 2.24) is 15.0 Å². The van der Waals surface area contributed by atoms with Gasteiger partial charge in [0.05, 0.1) is 5.69 Å². The highest BCUT2D eigenvalue weighted by Crippen LogP contribution is 2.32. The van der Waals surface area contributed by atoms with Gasteiger partial charge < -0.3 is 5.73 Å². The van der Waals surface area contributed by atoms with Crippen LogP contribution in [0.3, 0.4) is 0 Å². The van der Waals surface area contributed by atoms with E-state index in [1.807, 2.05) is 6.07 Å². The number of halogens is 1. The summed E-state index contributed by atoms with van der Waals surface area (Å²) >= 11 is 3.53. The number of hydrogen-bond acceptors (Lipinski definition) is 4. The Kier molecular flexibility index (Phi) is 5.44. The molecule has 0 unspecified atom stereocenters. The minimum atomic E-state index is 0.294. The second-order valence-corrected chi connectivity index (χ2v) is 5.73. The normalized spacial score (nSPS) is 11.7. The zero-order valence-corrected chi connectivity index (χ0v) is 13.9. The molecule has 0 spiro atoms. The molecule has 0 aliphatic heterocycles. The second-order valence-electron chi connectivity index (χ2n) is 4.88. The summed E-state index contributed by atoms with van der Waals surface area (Å²) in [5.41, 5.74) is 9.74. The number of allylic oxidation sites excluding steroid dienone is 2. The Hall–Kier alpha value is -1.75. The molecule has 5 heteroatoms. The summed E-state index contributed by atoms with van der Waals surface area (Å²) in [6, 6.07) is 1.95. The third-order valence-corrected chi connectivity index (χ3v) is 3.88. The van der Waals surface area contributed by atoms with Crippen LogP contribution < -0.4 is 5.73 Å². The molecule has 0 saturated carbocycles.